The lowest BCUT2D eigenvalue weighted by molar-refractivity contribution is 1.18. The van der Waals surface area contributed by atoms with Gasteiger partial charge in [0.05, 0.1) is 11.0 Å². The van der Waals surface area contributed by atoms with E-state index in [-0.39, 0.29) is 0 Å². The quantitative estimate of drug-likeness (QED) is 0.171. The van der Waals surface area contributed by atoms with E-state index in [1.807, 2.05) is 11.3 Å². The van der Waals surface area contributed by atoms with Gasteiger partial charge in [0.1, 0.15) is 0 Å². The standard InChI is InChI=1S/C54H33NS/c1-2-13-37(14-3-1)55-51-24-11-10-21-46(51)49-31-34(26-29-52(49)55)35-27-30-53-50(32-35)47-23-12-22-38(54(47)56-53)36-25-28-45-43-19-7-6-17-41(43)39-15-4-5-16-40(39)42-18-8-9-20-44(42)48(45)33-36/h1-33H. The van der Waals surface area contributed by atoms with Crippen LogP contribution < -0.4 is 0 Å². The largest absolute Gasteiger partial charge is 0.309 e. The van der Waals surface area contributed by atoms with E-state index in [1.165, 1.54) is 114 Å². The van der Waals surface area contributed by atoms with Crippen molar-refractivity contribution in [2.24, 2.45) is 0 Å². The van der Waals surface area contributed by atoms with Gasteiger partial charge in [-0.05, 0) is 115 Å². The van der Waals surface area contributed by atoms with Crippen molar-refractivity contribution in [2.75, 3.05) is 0 Å². The van der Waals surface area contributed by atoms with E-state index in [0.29, 0.717) is 0 Å². The Kier molecular flexibility index (Phi) is 6.87. The summed E-state index contributed by atoms with van der Waals surface area (Å²) in [5.74, 6) is 0. The van der Waals surface area contributed by atoms with Crippen LogP contribution in [0.5, 0.6) is 0 Å². The fraction of sp³-hybridized carbons (Fsp3) is 0. The van der Waals surface area contributed by atoms with Gasteiger partial charge >= 0.3 is 0 Å². The Morgan fingerprint density at radius 1 is 0.286 bits per heavy atom. The molecule has 2 heterocycles. The first-order chi connectivity index (χ1) is 27.8. The maximum atomic E-state index is 2.44. The zero-order valence-electron chi connectivity index (χ0n) is 30.4. The van der Waals surface area contributed by atoms with E-state index in [9.17, 15) is 0 Å². The molecule has 1 aliphatic carbocycles. The zero-order chi connectivity index (χ0) is 36.7. The molecule has 2 heteroatoms. The maximum Gasteiger partial charge on any atom is 0.0541 e. The Morgan fingerprint density at radius 2 is 0.786 bits per heavy atom. The van der Waals surface area contributed by atoms with E-state index < -0.39 is 0 Å². The van der Waals surface area contributed by atoms with Crippen LogP contribution in [-0.4, -0.2) is 4.57 Å². The number of fused-ring (bicyclic) bond motifs is 14. The van der Waals surface area contributed by atoms with Gasteiger partial charge in [-0.1, -0.05) is 152 Å². The number of benzene rings is 9. The molecule has 1 nitrogen and oxygen atoms in total. The third kappa shape index (κ3) is 4.67. The van der Waals surface area contributed by atoms with Crippen molar-refractivity contribution in [1.29, 1.82) is 0 Å². The second-order valence-corrected chi connectivity index (χ2v) is 15.9. The van der Waals surface area contributed by atoms with Crippen molar-refractivity contribution in [1.82, 2.24) is 4.57 Å². The zero-order valence-corrected chi connectivity index (χ0v) is 31.2. The second-order valence-electron chi connectivity index (χ2n) is 14.8. The number of para-hydroxylation sites is 2. The van der Waals surface area contributed by atoms with Gasteiger partial charge in [0.15, 0.2) is 0 Å². The maximum absolute atomic E-state index is 2.44. The van der Waals surface area contributed by atoms with Gasteiger partial charge in [-0.3, -0.25) is 0 Å². The van der Waals surface area contributed by atoms with Gasteiger partial charge in [-0.2, -0.15) is 0 Å². The van der Waals surface area contributed by atoms with Crippen molar-refractivity contribution in [3.63, 3.8) is 0 Å². The number of hydrogen-bond donors (Lipinski definition) is 0. The first-order valence-corrected chi connectivity index (χ1v) is 20.1. The lowest BCUT2D eigenvalue weighted by atomic mass is 9.80. The minimum Gasteiger partial charge on any atom is -0.309 e. The molecule has 2 aromatic heterocycles. The van der Waals surface area contributed by atoms with E-state index in [2.05, 4.69) is 205 Å². The van der Waals surface area contributed by atoms with Crippen LogP contribution >= 0.6 is 11.3 Å². The molecule has 0 bridgehead atoms. The molecule has 260 valence electrons. The molecular formula is C54H33NS. The van der Waals surface area contributed by atoms with Crippen molar-refractivity contribution in [2.45, 2.75) is 0 Å². The third-order valence-corrected chi connectivity index (χ3v) is 13.0. The summed E-state index contributed by atoms with van der Waals surface area (Å²) in [4.78, 5) is 0. The molecule has 0 unspecified atom stereocenters. The number of aromatic nitrogens is 1. The summed E-state index contributed by atoms with van der Waals surface area (Å²) in [6.07, 6.45) is 0. The molecule has 0 N–H and O–H groups in total. The minimum atomic E-state index is 1.18. The van der Waals surface area contributed by atoms with Gasteiger partial charge < -0.3 is 4.57 Å². The smallest absolute Gasteiger partial charge is 0.0541 e. The van der Waals surface area contributed by atoms with Gasteiger partial charge in [0.25, 0.3) is 0 Å². The van der Waals surface area contributed by atoms with E-state index in [4.69, 9.17) is 0 Å². The lowest BCUT2D eigenvalue weighted by Crippen LogP contribution is -1.97. The van der Waals surface area contributed by atoms with Gasteiger partial charge in [0, 0.05) is 36.6 Å². The highest BCUT2D eigenvalue weighted by Crippen LogP contribution is 2.49. The van der Waals surface area contributed by atoms with E-state index in [0.717, 1.165) is 0 Å². The Morgan fingerprint density at radius 3 is 1.48 bits per heavy atom. The molecule has 0 amide bonds. The molecule has 0 saturated carbocycles. The summed E-state index contributed by atoms with van der Waals surface area (Å²) >= 11 is 1.90. The second kappa shape index (κ2) is 12.3. The number of rotatable bonds is 3. The molecule has 0 aliphatic heterocycles. The fourth-order valence-corrected chi connectivity index (χ4v) is 10.5. The van der Waals surface area contributed by atoms with Gasteiger partial charge in [0.2, 0.25) is 0 Å². The van der Waals surface area contributed by atoms with Crippen LogP contribution in [0.2, 0.25) is 0 Å². The summed E-state index contributed by atoms with van der Waals surface area (Å²) in [7, 11) is 0. The summed E-state index contributed by atoms with van der Waals surface area (Å²) in [5, 5.41) is 5.15. The van der Waals surface area contributed by atoms with Crippen LogP contribution in [0.4, 0.5) is 0 Å². The summed E-state index contributed by atoms with van der Waals surface area (Å²) < 4.78 is 5.01. The molecule has 0 radical (unpaired) electrons. The van der Waals surface area contributed by atoms with Crippen LogP contribution in [0.1, 0.15) is 0 Å². The van der Waals surface area contributed by atoms with Crippen molar-refractivity contribution >= 4 is 53.3 Å². The average Bonchev–Trinajstić information content (AvgIpc) is 3.81. The van der Waals surface area contributed by atoms with Crippen molar-refractivity contribution in [3.05, 3.63) is 200 Å². The van der Waals surface area contributed by atoms with Crippen LogP contribution in [0.15, 0.2) is 200 Å². The Balaban J connectivity index is 1.01. The van der Waals surface area contributed by atoms with E-state index in [1.54, 1.807) is 0 Å². The Hall–Kier alpha value is -7.00. The molecule has 0 fully saturated rings. The number of thiophene rings is 1. The first-order valence-electron chi connectivity index (χ1n) is 19.3. The highest BCUT2D eigenvalue weighted by atomic mass is 32.1. The van der Waals surface area contributed by atoms with Crippen molar-refractivity contribution < 1.29 is 0 Å². The van der Waals surface area contributed by atoms with Gasteiger partial charge in [-0.15, -0.1) is 11.3 Å². The molecular weight excluding hydrogens is 695 g/mol. The fourth-order valence-electron chi connectivity index (χ4n) is 9.24. The minimum absolute atomic E-state index is 1.18. The molecule has 56 heavy (non-hydrogen) atoms. The van der Waals surface area contributed by atoms with Crippen LogP contribution in [0.25, 0.3) is 114 Å². The first kappa shape index (κ1) is 31.4. The highest BCUT2D eigenvalue weighted by molar-refractivity contribution is 7.26. The normalized spacial score (nSPS) is 11.9. The monoisotopic (exact) mass is 727 g/mol. The molecule has 1 aliphatic rings. The molecule has 0 saturated heterocycles. The Labute approximate surface area is 329 Å². The molecule has 0 spiro atoms. The third-order valence-electron chi connectivity index (χ3n) is 11.8. The lowest BCUT2D eigenvalue weighted by Gasteiger charge is -2.23. The average molecular weight is 728 g/mol. The van der Waals surface area contributed by atoms with Crippen LogP contribution in [-0.2, 0) is 0 Å². The Bertz CT molecular complexity index is 3360. The predicted octanol–water partition coefficient (Wildman–Crippen LogP) is 15.5. The number of nitrogens with zero attached hydrogens (tertiary/aromatic N) is 1. The highest BCUT2D eigenvalue weighted by Gasteiger charge is 2.23. The molecule has 12 rings (SSSR count). The van der Waals surface area contributed by atoms with Crippen LogP contribution in [0.3, 0.4) is 0 Å². The SMILES string of the molecule is c1ccc(-n2c3ccccc3c3cc(-c4ccc5sc6c(-c7ccc8c(c7)-c7ccccc7-c7ccccc7-c7ccccc7-8)cccc6c5c4)ccc32)cc1. The molecule has 0 atom stereocenters. The molecule has 9 aromatic carbocycles. The summed E-state index contributed by atoms with van der Waals surface area (Å²) in [6.45, 7) is 0. The summed E-state index contributed by atoms with van der Waals surface area (Å²) in [5.41, 5.74) is 18.8. The topological polar surface area (TPSA) is 4.93 Å². The molecule has 11 aromatic rings. The van der Waals surface area contributed by atoms with Crippen molar-refractivity contribution in [3.8, 4) is 72.4 Å². The predicted molar refractivity (Wildman–Crippen MR) is 240 cm³/mol. The van der Waals surface area contributed by atoms with E-state index >= 15 is 0 Å². The van der Waals surface area contributed by atoms with Gasteiger partial charge in [-0.25, -0.2) is 0 Å². The summed E-state index contributed by atoms with van der Waals surface area (Å²) in [6, 6.07) is 74.0. The number of hydrogen-bond acceptors (Lipinski definition) is 1. The van der Waals surface area contributed by atoms with Crippen LogP contribution in [0, 0.1) is 0 Å².